The zero-order chi connectivity index (χ0) is 9.68. The zero-order valence-corrected chi connectivity index (χ0v) is 8.75. The van der Waals surface area contributed by atoms with Crippen LogP contribution in [0.5, 0.6) is 0 Å². The smallest absolute Gasteiger partial charge is 0.122 e. The predicted molar refractivity (Wildman–Crippen MR) is 54.4 cm³/mol. The SMILES string of the molecule is CCNCc1nccn1CC(C)C. The monoisotopic (exact) mass is 181 g/mol. The number of imidazole rings is 1. The quantitative estimate of drug-likeness (QED) is 0.748. The molecule has 0 spiro atoms. The molecule has 74 valence electrons. The van der Waals surface area contributed by atoms with Crippen molar-refractivity contribution in [3.8, 4) is 0 Å². The van der Waals surface area contributed by atoms with Gasteiger partial charge in [0.25, 0.3) is 0 Å². The highest BCUT2D eigenvalue weighted by Gasteiger charge is 2.02. The van der Waals surface area contributed by atoms with Crippen LogP contribution in [0.3, 0.4) is 0 Å². The third-order valence-electron chi connectivity index (χ3n) is 1.90. The minimum absolute atomic E-state index is 0.676. The Morgan fingerprint density at radius 1 is 1.54 bits per heavy atom. The third kappa shape index (κ3) is 3.19. The molecule has 0 aromatic carbocycles. The lowest BCUT2D eigenvalue weighted by atomic mass is 10.2. The van der Waals surface area contributed by atoms with Crippen LogP contribution in [0.2, 0.25) is 0 Å². The molecule has 3 nitrogen and oxygen atoms in total. The summed E-state index contributed by atoms with van der Waals surface area (Å²) >= 11 is 0. The van der Waals surface area contributed by atoms with Crippen LogP contribution in [0.25, 0.3) is 0 Å². The average molecular weight is 181 g/mol. The summed E-state index contributed by atoms with van der Waals surface area (Å²) in [7, 11) is 0. The minimum Gasteiger partial charge on any atom is -0.334 e. The number of nitrogens with one attached hydrogen (secondary N) is 1. The molecule has 13 heavy (non-hydrogen) atoms. The van der Waals surface area contributed by atoms with E-state index in [-0.39, 0.29) is 0 Å². The van der Waals surface area contributed by atoms with Gasteiger partial charge in [-0.1, -0.05) is 20.8 Å². The summed E-state index contributed by atoms with van der Waals surface area (Å²) in [6.07, 6.45) is 3.92. The van der Waals surface area contributed by atoms with E-state index in [0.29, 0.717) is 5.92 Å². The molecule has 0 aliphatic carbocycles. The number of hydrogen-bond acceptors (Lipinski definition) is 2. The number of rotatable bonds is 5. The highest BCUT2D eigenvalue weighted by Crippen LogP contribution is 2.03. The van der Waals surface area contributed by atoms with Crippen LogP contribution in [0.4, 0.5) is 0 Å². The van der Waals surface area contributed by atoms with Crippen LogP contribution in [0.1, 0.15) is 26.6 Å². The van der Waals surface area contributed by atoms with Crippen molar-refractivity contribution >= 4 is 0 Å². The second kappa shape index (κ2) is 5.02. The molecular formula is C10H19N3. The van der Waals surface area contributed by atoms with Crippen molar-refractivity contribution in [1.82, 2.24) is 14.9 Å². The molecule has 0 saturated carbocycles. The summed E-state index contributed by atoms with van der Waals surface area (Å²) in [5.74, 6) is 1.81. The summed E-state index contributed by atoms with van der Waals surface area (Å²) in [5, 5.41) is 3.28. The summed E-state index contributed by atoms with van der Waals surface area (Å²) in [6, 6.07) is 0. The molecule has 0 saturated heterocycles. The van der Waals surface area contributed by atoms with Crippen molar-refractivity contribution in [1.29, 1.82) is 0 Å². The van der Waals surface area contributed by atoms with E-state index in [4.69, 9.17) is 0 Å². The van der Waals surface area contributed by atoms with Crippen molar-refractivity contribution in [3.05, 3.63) is 18.2 Å². The highest BCUT2D eigenvalue weighted by molar-refractivity contribution is 4.91. The van der Waals surface area contributed by atoms with Gasteiger partial charge in [0.2, 0.25) is 0 Å². The lowest BCUT2D eigenvalue weighted by Crippen LogP contribution is -2.17. The van der Waals surface area contributed by atoms with Crippen LogP contribution in [-0.2, 0) is 13.1 Å². The summed E-state index contributed by atoms with van der Waals surface area (Å²) in [4.78, 5) is 4.31. The van der Waals surface area contributed by atoms with Gasteiger partial charge in [0.05, 0.1) is 6.54 Å². The van der Waals surface area contributed by atoms with Gasteiger partial charge in [-0.3, -0.25) is 0 Å². The fraction of sp³-hybridized carbons (Fsp3) is 0.700. The van der Waals surface area contributed by atoms with E-state index in [0.717, 1.165) is 25.5 Å². The molecule has 0 bridgehead atoms. The first-order valence-electron chi connectivity index (χ1n) is 4.94. The summed E-state index contributed by atoms with van der Waals surface area (Å²) in [5.41, 5.74) is 0. The maximum absolute atomic E-state index is 4.31. The Hall–Kier alpha value is -0.830. The first-order valence-corrected chi connectivity index (χ1v) is 4.94. The van der Waals surface area contributed by atoms with Crippen molar-refractivity contribution in [2.24, 2.45) is 5.92 Å². The molecule has 0 radical (unpaired) electrons. The van der Waals surface area contributed by atoms with Crippen LogP contribution in [0, 0.1) is 5.92 Å². The molecule has 3 heteroatoms. The van der Waals surface area contributed by atoms with E-state index in [2.05, 4.69) is 35.6 Å². The molecule has 1 aromatic heterocycles. The third-order valence-corrected chi connectivity index (χ3v) is 1.90. The highest BCUT2D eigenvalue weighted by atomic mass is 15.1. The number of nitrogens with zero attached hydrogens (tertiary/aromatic N) is 2. The van der Waals surface area contributed by atoms with Crippen molar-refractivity contribution in [2.45, 2.75) is 33.9 Å². The Kier molecular flexibility index (Phi) is 3.96. The summed E-state index contributed by atoms with van der Waals surface area (Å²) < 4.78 is 2.22. The van der Waals surface area contributed by atoms with Gasteiger partial charge < -0.3 is 9.88 Å². The Labute approximate surface area is 80.2 Å². The lowest BCUT2D eigenvalue weighted by Gasteiger charge is -2.10. The van der Waals surface area contributed by atoms with Crippen LogP contribution >= 0.6 is 0 Å². The van der Waals surface area contributed by atoms with Crippen LogP contribution < -0.4 is 5.32 Å². The van der Waals surface area contributed by atoms with Gasteiger partial charge in [0.15, 0.2) is 0 Å². The average Bonchev–Trinajstić information content (AvgIpc) is 2.48. The maximum Gasteiger partial charge on any atom is 0.122 e. The Morgan fingerprint density at radius 2 is 2.31 bits per heavy atom. The molecular weight excluding hydrogens is 162 g/mol. The number of aromatic nitrogens is 2. The normalized spacial score (nSPS) is 11.1. The largest absolute Gasteiger partial charge is 0.334 e. The summed E-state index contributed by atoms with van der Waals surface area (Å²) in [6.45, 7) is 9.47. The van der Waals surface area contributed by atoms with E-state index in [1.165, 1.54) is 0 Å². The second-order valence-corrected chi connectivity index (χ2v) is 3.67. The first kappa shape index (κ1) is 10.3. The fourth-order valence-corrected chi connectivity index (χ4v) is 1.30. The van der Waals surface area contributed by atoms with Crippen molar-refractivity contribution < 1.29 is 0 Å². The van der Waals surface area contributed by atoms with Gasteiger partial charge in [0, 0.05) is 18.9 Å². The predicted octanol–water partition coefficient (Wildman–Crippen LogP) is 1.65. The second-order valence-electron chi connectivity index (χ2n) is 3.67. The maximum atomic E-state index is 4.31. The standard InChI is InChI=1S/C10H19N3/c1-4-11-7-10-12-5-6-13(10)8-9(2)3/h5-6,9,11H,4,7-8H2,1-3H3. The fourth-order valence-electron chi connectivity index (χ4n) is 1.30. The molecule has 1 aromatic rings. The Morgan fingerprint density at radius 3 is 2.92 bits per heavy atom. The van der Waals surface area contributed by atoms with Gasteiger partial charge >= 0.3 is 0 Å². The molecule has 1 rings (SSSR count). The van der Waals surface area contributed by atoms with E-state index in [1.807, 2.05) is 12.4 Å². The van der Waals surface area contributed by atoms with E-state index in [1.54, 1.807) is 0 Å². The van der Waals surface area contributed by atoms with Crippen molar-refractivity contribution in [3.63, 3.8) is 0 Å². The lowest BCUT2D eigenvalue weighted by molar-refractivity contribution is 0.498. The Bertz CT molecular complexity index is 240. The first-order chi connectivity index (χ1) is 6.24. The van der Waals surface area contributed by atoms with Crippen LogP contribution in [0.15, 0.2) is 12.4 Å². The molecule has 0 amide bonds. The topological polar surface area (TPSA) is 29.9 Å². The van der Waals surface area contributed by atoms with Gasteiger partial charge in [-0.05, 0) is 12.5 Å². The minimum atomic E-state index is 0.676. The van der Waals surface area contributed by atoms with E-state index in [9.17, 15) is 0 Å². The zero-order valence-electron chi connectivity index (χ0n) is 8.75. The molecule has 0 fully saturated rings. The van der Waals surface area contributed by atoms with Gasteiger partial charge in [-0.25, -0.2) is 4.98 Å². The molecule has 0 aliphatic rings. The number of hydrogen-bond donors (Lipinski definition) is 1. The molecule has 1 heterocycles. The van der Waals surface area contributed by atoms with Gasteiger partial charge in [-0.15, -0.1) is 0 Å². The van der Waals surface area contributed by atoms with Gasteiger partial charge in [0.1, 0.15) is 5.82 Å². The van der Waals surface area contributed by atoms with E-state index >= 15 is 0 Å². The Balaban J connectivity index is 2.55. The molecule has 0 unspecified atom stereocenters. The van der Waals surface area contributed by atoms with Crippen molar-refractivity contribution in [2.75, 3.05) is 6.54 Å². The van der Waals surface area contributed by atoms with E-state index < -0.39 is 0 Å². The molecule has 0 atom stereocenters. The van der Waals surface area contributed by atoms with Crippen LogP contribution in [-0.4, -0.2) is 16.1 Å². The molecule has 0 aliphatic heterocycles. The molecule has 1 N–H and O–H groups in total. The van der Waals surface area contributed by atoms with Gasteiger partial charge in [-0.2, -0.15) is 0 Å².